The van der Waals surface area contributed by atoms with Crippen LogP contribution in [-0.4, -0.2) is 28.5 Å². The Morgan fingerprint density at radius 3 is 3.36 bits per heavy atom. The van der Waals surface area contributed by atoms with Gasteiger partial charge in [0.25, 0.3) is 0 Å². The van der Waals surface area contributed by atoms with Gasteiger partial charge in [-0.3, -0.25) is 0 Å². The van der Waals surface area contributed by atoms with E-state index in [0.29, 0.717) is 0 Å². The fraction of sp³-hybridized carbons (Fsp3) is 0.300. The van der Waals surface area contributed by atoms with Crippen molar-refractivity contribution in [2.75, 3.05) is 23.9 Å². The van der Waals surface area contributed by atoms with Gasteiger partial charge in [0.1, 0.15) is 5.82 Å². The number of pyridine rings is 1. The number of aromatic amines is 1. The predicted octanol–water partition coefficient (Wildman–Crippen LogP) is 2.34. The van der Waals surface area contributed by atoms with Gasteiger partial charge in [0.2, 0.25) is 0 Å². The zero-order valence-corrected chi connectivity index (χ0v) is 8.90. The van der Waals surface area contributed by atoms with E-state index in [1.807, 2.05) is 24.2 Å². The topological polar surface area (TPSA) is 40.7 Å². The monoisotopic (exact) mass is 207 g/mol. The molecule has 0 saturated heterocycles. The number of thioether (sulfide) groups is 1. The largest absolute Gasteiger partial charge is 0.369 e. The van der Waals surface area contributed by atoms with Crippen molar-refractivity contribution in [2.45, 2.75) is 0 Å². The van der Waals surface area contributed by atoms with E-state index in [1.54, 1.807) is 0 Å². The van der Waals surface area contributed by atoms with E-state index in [4.69, 9.17) is 0 Å². The van der Waals surface area contributed by atoms with E-state index in [-0.39, 0.29) is 0 Å². The minimum Gasteiger partial charge on any atom is -0.369 e. The summed E-state index contributed by atoms with van der Waals surface area (Å²) in [6.07, 6.45) is 5.89. The second kappa shape index (κ2) is 4.37. The summed E-state index contributed by atoms with van der Waals surface area (Å²) in [6, 6.07) is 4.11. The minimum absolute atomic E-state index is 0.950. The van der Waals surface area contributed by atoms with E-state index in [1.165, 1.54) is 5.39 Å². The van der Waals surface area contributed by atoms with Crippen LogP contribution in [0.4, 0.5) is 5.82 Å². The number of nitrogens with one attached hydrogen (secondary N) is 2. The van der Waals surface area contributed by atoms with Crippen LogP contribution in [0, 0.1) is 0 Å². The molecule has 0 radical (unpaired) electrons. The zero-order valence-electron chi connectivity index (χ0n) is 8.08. The van der Waals surface area contributed by atoms with Gasteiger partial charge in [-0.2, -0.15) is 11.8 Å². The van der Waals surface area contributed by atoms with Crippen molar-refractivity contribution in [3.05, 3.63) is 24.5 Å². The van der Waals surface area contributed by atoms with Gasteiger partial charge in [-0.05, 0) is 18.4 Å². The van der Waals surface area contributed by atoms with Crippen LogP contribution in [0.15, 0.2) is 24.5 Å². The molecule has 0 saturated carbocycles. The van der Waals surface area contributed by atoms with E-state index in [2.05, 4.69) is 33.7 Å². The molecule has 0 aliphatic carbocycles. The van der Waals surface area contributed by atoms with Crippen molar-refractivity contribution < 1.29 is 0 Å². The average Bonchev–Trinajstić information content (AvgIpc) is 2.65. The number of hydrogen-bond donors (Lipinski definition) is 2. The summed E-state index contributed by atoms with van der Waals surface area (Å²) in [5.74, 6) is 2.05. The Morgan fingerprint density at radius 1 is 1.57 bits per heavy atom. The third kappa shape index (κ3) is 2.01. The molecule has 74 valence electrons. The first kappa shape index (κ1) is 9.40. The lowest BCUT2D eigenvalue weighted by Gasteiger charge is -2.03. The van der Waals surface area contributed by atoms with E-state index in [0.717, 1.165) is 23.6 Å². The molecular formula is C10H13N3S. The van der Waals surface area contributed by atoms with Crippen LogP contribution in [-0.2, 0) is 0 Å². The number of nitrogens with zero attached hydrogens (tertiary/aromatic N) is 1. The molecule has 4 heteroatoms. The highest BCUT2D eigenvalue weighted by Crippen LogP contribution is 2.14. The van der Waals surface area contributed by atoms with Crippen LogP contribution >= 0.6 is 11.8 Å². The highest BCUT2D eigenvalue weighted by atomic mass is 32.2. The summed E-state index contributed by atoms with van der Waals surface area (Å²) in [6.45, 7) is 0.962. The van der Waals surface area contributed by atoms with Gasteiger partial charge < -0.3 is 10.3 Å². The number of fused-ring (bicyclic) bond motifs is 1. The molecule has 0 spiro atoms. The van der Waals surface area contributed by atoms with Crippen molar-refractivity contribution in [3.8, 4) is 0 Å². The Morgan fingerprint density at radius 2 is 2.50 bits per heavy atom. The fourth-order valence-corrected chi connectivity index (χ4v) is 1.63. The van der Waals surface area contributed by atoms with Gasteiger partial charge in [0.05, 0.1) is 11.7 Å². The van der Waals surface area contributed by atoms with Crippen LogP contribution in [0.1, 0.15) is 0 Å². The van der Waals surface area contributed by atoms with E-state index >= 15 is 0 Å². The Kier molecular flexibility index (Phi) is 2.93. The van der Waals surface area contributed by atoms with Crippen LogP contribution < -0.4 is 5.32 Å². The quantitative estimate of drug-likeness (QED) is 0.756. The molecule has 0 aliphatic rings. The van der Waals surface area contributed by atoms with Crippen LogP contribution in [0.3, 0.4) is 0 Å². The highest BCUT2D eigenvalue weighted by Gasteiger charge is 1.97. The zero-order chi connectivity index (χ0) is 9.80. The number of H-pyrrole nitrogens is 1. The molecule has 0 amide bonds. The van der Waals surface area contributed by atoms with Crippen LogP contribution in [0.25, 0.3) is 10.9 Å². The molecule has 2 N–H and O–H groups in total. The van der Waals surface area contributed by atoms with Crippen molar-refractivity contribution >= 4 is 28.5 Å². The van der Waals surface area contributed by atoms with Crippen LogP contribution in [0.2, 0.25) is 0 Å². The lowest BCUT2D eigenvalue weighted by atomic mass is 10.3. The number of rotatable bonds is 4. The Labute approximate surface area is 87.3 Å². The van der Waals surface area contributed by atoms with Crippen LogP contribution in [0.5, 0.6) is 0 Å². The van der Waals surface area contributed by atoms with Gasteiger partial charge in [0, 0.05) is 23.9 Å². The molecule has 0 unspecified atom stereocenters. The summed E-state index contributed by atoms with van der Waals surface area (Å²) in [4.78, 5) is 7.42. The van der Waals surface area contributed by atoms with Gasteiger partial charge >= 0.3 is 0 Å². The molecule has 0 bridgehead atoms. The molecule has 0 fully saturated rings. The Balaban J connectivity index is 2.10. The lowest BCUT2D eigenvalue weighted by molar-refractivity contribution is 1.18. The molecule has 2 aromatic rings. The maximum Gasteiger partial charge on any atom is 0.126 e. The van der Waals surface area contributed by atoms with Gasteiger partial charge in [-0.1, -0.05) is 0 Å². The van der Waals surface area contributed by atoms with Crippen molar-refractivity contribution in [1.29, 1.82) is 0 Å². The summed E-state index contributed by atoms with van der Waals surface area (Å²) < 4.78 is 0. The highest BCUT2D eigenvalue weighted by molar-refractivity contribution is 7.98. The molecular weight excluding hydrogens is 194 g/mol. The van der Waals surface area contributed by atoms with Gasteiger partial charge in [0.15, 0.2) is 0 Å². The minimum atomic E-state index is 0.950. The summed E-state index contributed by atoms with van der Waals surface area (Å²) in [5, 5.41) is 4.48. The molecule has 0 aliphatic heterocycles. The molecule has 0 aromatic carbocycles. The number of hydrogen-bond acceptors (Lipinski definition) is 3. The molecule has 3 nitrogen and oxygen atoms in total. The summed E-state index contributed by atoms with van der Waals surface area (Å²) in [5.41, 5.74) is 1.08. The molecule has 2 rings (SSSR count). The van der Waals surface area contributed by atoms with Gasteiger partial charge in [-0.15, -0.1) is 0 Å². The molecule has 0 atom stereocenters. The molecule has 14 heavy (non-hydrogen) atoms. The Bertz CT molecular complexity index is 410. The van der Waals surface area contributed by atoms with E-state index < -0.39 is 0 Å². The summed E-state index contributed by atoms with van der Waals surface area (Å²) >= 11 is 1.83. The fourth-order valence-electron chi connectivity index (χ4n) is 1.33. The lowest BCUT2D eigenvalue weighted by Crippen LogP contribution is -2.04. The average molecular weight is 207 g/mol. The third-order valence-electron chi connectivity index (χ3n) is 2.05. The molecule has 2 heterocycles. The first-order valence-corrected chi connectivity index (χ1v) is 5.95. The van der Waals surface area contributed by atoms with Crippen molar-refractivity contribution in [2.24, 2.45) is 0 Å². The first-order chi connectivity index (χ1) is 6.90. The standard InChI is InChI=1S/C10H13N3S/c1-14-5-4-12-10-6-8-2-3-11-9(8)7-13-10/h2-3,6-7,11H,4-5H2,1H3,(H,12,13). The molecule has 2 aromatic heterocycles. The third-order valence-corrected chi connectivity index (χ3v) is 2.66. The number of anilines is 1. The summed E-state index contributed by atoms with van der Waals surface area (Å²) in [7, 11) is 0. The first-order valence-electron chi connectivity index (χ1n) is 4.56. The van der Waals surface area contributed by atoms with Crippen molar-refractivity contribution in [3.63, 3.8) is 0 Å². The second-order valence-electron chi connectivity index (χ2n) is 3.05. The smallest absolute Gasteiger partial charge is 0.126 e. The Hall–Kier alpha value is -1.16. The van der Waals surface area contributed by atoms with E-state index in [9.17, 15) is 0 Å². The predicted molar refractivity (Wildman–Crippen MR) is 63.0 cm³/mol. The normalized spacial score (nSPS) is 10.6. The maximum atomic E-state index is 4.30. The van der Waals surface area contributed by atoms with Gasteiger partial charge in [-0.25, -0.2) is 4.98 Å². The number of aromatic nitrogens is 2. The second-order valence-corrected chi connectivity index (χ2v) is 4.04. The van der Waals surface area contributed by atoms with Crippen molar-refractivity contribution in [1.82, 2.24) is 9.97 Å². The maximum absolute atomic E-state index is 4.30. The SMILES string of the molecule is CSCCNc1cc2cc[nH]c2cn1.